The van der Waals surface area contributed by atoms with Gasteiger partial charge in [0.15, 0.2) is 0 Å². The molecular weight excluding hydrogens is 306 g/mol. The zero-order valence-electron chi connectivity index (χ0n) is 17.5. The van der Waals surface area contributed by atoms with Gasteiger partial charge in [0.05, 0.1) is 6.61 Å². The lowest BCUT2D eigenvalue weighted by atomic mass is 10.0. The first-order valence-electron chi connectivity index (χ1n) is 11.7. The minimum absolute atomic E-state index is 0.00537. The predicted octanol–water partition coefficient (Wildman–Crippen LogP) is 7.13. The second kappa shape index (κ2) is 22.0. The molecule has 0 fully saturated rings. The first-order chi connectivity index (χ1) is 12.3. The zero-order valence-corrected chi connectivity index (χ0v) is 17.5. The van der Waals surface area contributed by atoms with Gasteiger partial charge >= 0.3 is 0 Å². The summed E-state index contributed by atoms with van der Waals surface area (Å²) in [4.78, 5) is 0. The molecule has 0 heterocycles. The van der Waals surface area contributed by atoms with Crippen LogP contribution >= 0.6 is 0 Å². The molecule has 1 atom stereocenters. The van der Waals surface area contributed by atoms with Crippen LogP contribution in [0.1, 0.15) is 135 Å². The third-order valence-corrected chi connectivity index (χ3v) is 5.41. The lowest BCUT2D eigenvalue weighted by Crippen LogP contribution is -2.23. The van der Waals surface area contributed by atoms with Crippen LogP contribution in [-0.4, -0.2) is 17.8 Å². The van der Waals surface area contributed by atoms with E-state index in [0.29, 0.717) is 0 Å². The number of hydrogen-bond donors (Lipinski definition) is 2. The van der Waals surface area contributed by atoms with Crippen LogP contribution < -0.4 is 5.73 Å². The summed E-state index contributed by atoms with van der Waals surface area (Å²) in [5, 5.41) is 8.86. The fourth-order valence-electron chi connectivity index (χ4n) is 3.58. The molecule has 0 aromatic heterocycles. The highest BCUT2D eigenvalue weighted by atomic mass is 16.3. The quantitative estimate of drug-likeness (QED) is 0.215. The van der Waals surface area contributed by atoms with Gasteiger partial charge in [0.2, 0.25) is 0 Å². The molecule has 2 heteroatoms. The van der Waals surface area contributed by atoms with Crippen LogP contribution in [0.4, 0.5) is 0 Å². The van der Waals surface area contributed by atoms with Crippen LogP contribution in [0.5, 0.6) is 0 Å². The average Bonchev–Trinajstić information content (AvgIpc) is 2.63. The molecule has 0 saturated heterocycles. The Morgan fingerprint density at radius 1 is 0.520 bits per heavy atom. The molecule has 0 bridgehead atoms. The Kier molecular flexibility index (Phi) is 21.9. The Hall–Kier alpha value is -0.0800. The van der Waals surface area contributed by atoms with Gasteiger partial charge in [0.25, 0.3) is 0 Å². The highest BCUT2D eigenvalue weighted by Gasteiger charge is 1.99. The summed E-state index contributed by atoms with van der Waals surface area (Å²) >= 11 is 0. The van der Waals surface area contributed by atoms with Gasteiger partial charge in [-0.05, 0) is 6.42 Å². The highest BCUT2D eigenvalue weighted by molar-refractivity contribution is 4.58. The zero-order chi connectivity index (χ0) is 18.4. The summed E-state index contributed by atoms with van der Waals surface area (Å²) in [7, 11) is 0. The van der Waals surface area contributed by atoms with Gasteiger partial charge in [0, 0.05) is 6.04 Å². The summed E-state index contributed by atoms with van der Waals surface area (Å²) in [6.07, 6.45) is 27.8. The van der Waals surface area contributed by atoms with E-state index in [2.05, 4.69) is 6.92 Å². The van der Waals surface area contributed by atoms with Crippen molar-refractivity contribution in [2.75, 3.05) is 6.61 Å². The van der Waals surface area contributed by atoms with Gasteiger partial charge in [-0.2, -0.15) is 0 Å². The molecule has 0 aliphatic carbocycles. The van der Waals surface area contributed by atoms with Crippen molar-refractivity contribution in [3.63, 3.8) is 0 Å². The molecule has 0 aliphatic heterocycles. The molecule has 3 N–H and O–H groups in total. The van der Waals surface area contributed by atoms with Crippen molar-refractivity contribution in [2.24, 2.45) is 5.73 Å². The van der Waals surface area contributed by atoms with E-state index >= 15 is 0 Å². The number of unbranched alkanes of at least 4 members (excludes halogenated alkanes) is 18. The molecule has 2 nitrogen and oxygen atoms in total. The summed E-state index contributed by atoms with van der Waals surface area (Å²) in [5.74, 6) is 0. The third kappa shape index (κ3) is 21.9. The normalized spacial score (nSPS) is 12.6. The first-order valence-corrected chi connectivity index (χ1v) is 11.7. The molecule has 0 aromatic carbocycles. The second-order valence-electron chi connectivity index (χ2n) is 8.10. The van der Waals surface area contributed by atoms with Crippen LogP contribution in [0.3, 0.4) is 0 Å². The van der Waals surface area contributed by atoms with E-state index in [1.165, 1.54) is 122 Å². The Morgan fingerprint density at radius 3 is 1.08 bits per heavy atom. The van der Waals surface area contributed by atoms with Gasteiger partial charge in [-0.25, -0.2) is 0 Å². The number of nitrogens with two attached hydrogens (primary N) is 1. The number of aliphatic hydroxyl groups is 1. The maximum atomic E-state index is 8.86. The van der Waals surface area contributed by atoms with Crippen LogP contribution in [0.2, 0.25) is 0 Å². The first kappa shape index (κ1) is 24.9. The molecule has 0 aliphatic rings. The van der Waals surface area contributed by atoms with Crippen molar-refractivity contribution < 1.29 is 5.11 Å². The van der Waals surface area contributed by atoms with Crippen molar-refractivity contribution in [1.82, 2.24) is 0 Å². The predicted molar refractivity (Wildman–Crippen MR) is 113 cm³/mol. The minimum atomic E-state index is 0.00537. The molecule has 0 radical (unpaired) electrons. The maximum Gasteiger partial charge on any atom is 0.0582 e. The number of aliphatic hydroxyl groups excluding tert-OH is 1. The Labute approximate surface area is 159 Å². The van der Waals surface area contributed by atoms with E-state index in [1.807, 2.05) is 0 Å². The van der Waals surface area contributed by atoms with Gasteiger partial charge in [-0.15, -0.1) is 0 Å². The molecule has 0 aromatic rings. The van der Waals surface area contributed by atoms with E-state index in [4.69, 9.17) is 10.8 Å². The molecular formula is C23H49NO. The second-order valence-corrected chi connectivity index (χ2v) is 8.10. The smallest absolute Gasteiger partial charge is 0.0582 e. The SMILES string of the molecule is CCCCCCCCCCCCCCCCCCCCCC(N)CO. The Morgan fingerprint density at radius 2 is 0.800 bits per heavy atom. The Balaban J connectivity index is 2.98. The summed E-state index contributed by atoms with van der Waals surface area (Å²) in [6.45, 7) is 2.43. The monoisotopic (exact) mass is 355 g/mol. The van der Waals surface area contributed by atoms with Crippen molar-refractivity contribution in [3.8, 4) is 0 Å². The number of rotatable bonds is 21. The average molecular weight is 356 g/mol. The van der Waals surface area contributed by atoms with E-state index in [-0.39, 0.29) is 12.6 Å². The third-order valence-electron chi connectivity index (χ3n) is 5.41. The maximum absolute atomic E-state index is 8.86. The summed E-state index contributed by atoms with van der Waals surface area (Å²) < 4.78 is 0. The van der Waals surface area contributed by atoms with Crippen molar-refractivity contribution >= 4 is 0 Å². The lowest BCUT2D eigenvalue weighted by molar-refractivity contribution is 0.257. The van der Waals surface area contributed by atoms with Crippen LogP contribution in [0, 0.1) is 0 Å². The molecule has 0 rings (SSSR count). The lowest BCUT2D eigenvalue weighted by Gasteiger charge is -2.07. The van der Waals surface area contributed by atoms with Crippen molar-refractivity contribution in [1.29, 1.82) is 0 Å². The largest absolute Gasteiger partial charge is 0.395 e. The van der Waals surface area contributed by atoms with E-state index in [0.717, 1.165) is 6.42 Å². The number of hydrogen-bond acceptors (Lipinski definition) is 2. The van der Waals surface area contributed by atoms with Crippen LogP contribution in [0.25, 0.3) is 0 Å². The van der Waals surface area contributed by atoms with Crippen LogP contribution in [-0.2, 0) is 0 Å². The molecule has 0 amide bonds. The van der Waals surface area contributed by atoms with Gasteiger partial charge in [-0.3, -0.25) is 0 Å². The molecule has 0 saturated carbocycles. The fourth-order valence-corrected chi connectivity index (χ4v) is 3.58. The van der Waals surface area contributed by atoms with Gasteiger partial charge in [0.1, 0.15) is 0 Å². The molecule has 152 valence electrons. The molecule has 25 heavy (non-hydrogen) atoms. The fraction of sp³-hybridized carbons (Fsp3) is 1.00. The Bertz CT molecular complexity index is 232. The van der Waals surface area contributed by atoms with E-state index < -0.39 is 0 Å². The minimum Gasteiger partial charge on any atom is -0.395 e. The van der Waals surface area contributed by atoms with Crippen LogP contribution in [0.15, 0.2) is 0 Å². The molecule has 0 spiro atoms. The van der Waals surface area contributed by atoms with E-state index in [9.17, 15) is 0 Å². The summed E-state index contributed by atoms with van der Waals surface area (Å²) in [6, 6.07) is 0.00537. The highest BCUT2D eigenvalue weighted by Crippen LogP contribution is 2.14. The molecule has 1 unspecified atom stereocenters. The van der Waals surface area contributed by atoms with Crippen molar-refractivity contribution in [3.05, 3.63) is 0 Å². The standard InChI is InChI=1S/C23H49NO/c1-2-3-4-5-6-7-8-9-10-11-12-13-14-15-16-17-18-19-20-21-23(24)22-25/h23,25H,2-22,24H2,1H3. The van der Waals surface area contributed by atoms with E-state index in [1.54, 1.807) is 0 Å². The summed E-state index contributed by atoms with van der Waals surface area (Å²) in [5.41, 5.74) is 5.70. The topological polar surface area (TPSA) is 46.2 Å². The van der Waals surface area contributed by atoms with Crippen molar-refractivity contribution in [2.45, 2.75) is 141 Å². The van der Waals surface area contributed by atoms with Gasteiger partial charge in [-0.1, -0.05) is 129 Å². The van der Waals surface area contributed by atoms with Gasteiger partial charge < -0.3 is 10.8 Å².